The van der Waals surface area contributed by atoms with Gasteiger partial charge in [0.05, 0.1) is 10.0 Å². The molecule has 0 saturated heterocycles. The first kappa shape index (κ1) is 22.1. The van der Waals surface area contributed by atoms with E-state index in [1.807, 2.05) is 26.0 Å². The Hall–Kier alpha value is -2.24. The third-order valence-corrected chi connectivity index (χ3v) is 4.98. The van der Waals surface area contributed by atoms with Crippen molar-refractivity contribution in [3.05, 3.63) is 63.6 Å². The number of benzene rings is 2. The zero-order valence-corrected chi connectivity index (χ0v) is 17.7. The topological polar surface area (TPSA) is 58.6 Å². The lowest BCUT2D eigenvalue weighted by atomic mass is 10.1. The molecule has 0 saturated carbocycles. The fourth-order valence-corrected chi connectivity index (χ4v) is 2.92. The second-order valence-electron chi connectivity index (χ2n) is 6.44. The van der Waals surface area contributed by atoms with Gasteiger partial charge in [0.15, 0.2) is 6.61 Å². The van der Waals surface area contributed by atoms with Gasteiger partial charge in [-0.1, -0.05) is 47.0 Å². The number of amides is 2. The van der Waals surface area contributed by atoms with E-state index in [4.69, 9.17) is 27.9 Å². The number of hydrogen-bond acceptors (Lipinski definition) is 3. The lowest BCUT2D eigenvalue weighted by Gasteiger charge is -2.28. The molecule has 1 atom stereocenters. The van der Waals surface area contributed by atoms with E-state index in [2.05, 4.69) is 5.32 Å². The van der Waals surface area contributed by atoms with Crippen molar-refractivity contribution in [1.82, 2.24) is 10.2 Å². The highest BCUT2D eigenvalue weighted by Crippen LogP contribution is 2.24. The Morgan fingerprint density at radius 1 is 1.11 bits per heavy atom. The van der Waals surface area contributed by atoms with Crippen LogP contribution < -0.4 is 10.1 Å². The first-order chi connectivity index (χ1) is 13.3. The zero-order valence-electron chi connectivity index (χ0n) is 16.2. The fraction of sp³-hybridized carbons (Fsp3) is 0.333. The first-order valence-corrected chi connectivity index (χ1v) is 9.78. The minimum absolute atomic E-state index is 0.172. The van der Waals surface area contributed by atoms with Crippen molar-refractivity contribution >= 4 is 35.0 Å². The second-order valence-corrected chi connectivity index (χ2v) is 7.26. The van der Waals surface area contributed by atoms with Crippen LogP contribution in [-0.4, -0.2) is 35.9 Å². The molecule has 0 bridgehead atoms. The summed E-state index contributed by atoms with van der Waals surface area (Å²) >= 11 is 12.0. The molecular weight excluding hydrogens is 399 g/mol. The van der Waals surface area contributed by atoms with E-state index in [9.17, 15) is 9.59 Å². The number of carbonyl (C=O) groups excluding carboxylic acids is 2. The maximum Gasteiger partial charge on any atom is 0.261 e. The van der Waals surface area contributed by atoms with E-state index in [-0.39, 0.29) is 25.0 Å². The normalized spacial score (nSPS) is 11.6. The van der Waals surface area contributed by atoms with Crippen molar-refractivity contribution in [3.8, 4) is 5.75 Å². The summed E-state index contributed by atoms with van der Waals surface area (Å²) in [6, 6.07) is 11.9. The molecule has 0 aliphatic rings. The largest absolute Gasteiger partial charge is 0.484 e. The van der Waals surface area contributed by atoms with Crippen molar-refractivity contribution < 1.29 is 14.3 Å². The van der Waals surface area contributed by atoms with E-state index in [0.717, 1.165) is 11.1 Å². The quantitative estimate of drug-likeness (QED) is 0.691. The Morgan fingerprint density at radius 2 is 1.79 bits per heavy atom. The molecule has 0 aliphatic carbocycles. The van der Waals surface area contributed by atoms with Crippen LogP contribution in [0.25, 0.3) is 0 Å². The molecule has 0 radical (unpaired) electrons. The van der Waals surface area contributed by atoms with Crippen molar-refractivity contribution in [1.29, 1.82) is 0 Å². The number of hydrogen-bond donors (Lipinski definition) is 1. The highest BCUT2D eigenvalue weighted by molar-refractivity contribution is 6.42. The third kappa shape index (κ3) is 6.14. The highest BCUT2D eigenvalue weighted by Gasteiger charge is 2.26. The van der Waals surface area contributed by atoms with Gasteiger partial charge in [0.2, 0.25) is 5.91 Å². The fourth-order valence-electron chi connectivity index (χ4n) is 2.60. The molecule has 5 nitrogen and oxygen atoms in total. The molecular formula is C21H24Cl2N2O3. The van der Waals surface area contributed by atoms with Gasteiger partial charge in [0.25, 0.3) is 5.91 Å². The second kappa shape index (κ2) is 10.3. The van der Waals surface area contributed by atoms with Gasteiger partial charge in [-0.3, -0.25) is 9.59 Å². The van der Waals surface area contributed by atoms with E-state index in [1.54, 1.807) is 37.3 Å². The average Bonchev–Trinajstić information content (AvgIpc) is 2.67. The van der Waals surface area contributed by atoms with Crippen LogP contribution in [0.15, 0.2) is 42.5 Å². The van der Waals surface area contributed by atoms with Crippen LogP contribution in [0.1, 0.15) is 25.0 Å². The van der Waals surface area contributed by atoms with Crippen LogP contribution >= 0.6 is 23.2 Å². The highest BCUT2D eigenvalue weighted by atomic mass is 35.5. The number of ether oxygens (including phenoxy) is 1. The summed E-state index contributed by atoms with van der Waals surface area (Å²) in [6.07, 6.45) is 0. The average molecular weight is 423 g/mol. The molecule has 0 aromatic heterocycles. The van der Waals surface area contributed by atoms with Crippen molar-refractivity contribution in [2.24, 2.45) is 0 Å². The molecule has 150 valence electrons. The molecule has 0 heterocycles. The van der Waals surface area contributed by atoms with Gasteiger partial charge in [-0.2, -0.15) is 0 Å². The van der Waals surface area contributed by atoms with Crippen LogP contribution in [0.5, 0.6) is 5.75 Å². The van der Waals surface area contributed by atoms with Gasteiger partial charge in [0.1, 0.15) is 11.8 Å². The summed E-state index contributed by atoms with van der Waals surface area (Å²) in [4.78, 5) is 26.6. The summed E-state index contributed by atoms with van der Waals surface area (Å²) in [5, 5.41) is 3.58. The van der Waals surface area contributed by atoms with E-state index >= 15 is 0 Å². The van der Waals surface area contributed by atoms with Gasteiger partial charge >= 0.3 is 0 Å². The Bertz CT molecular complexity index is 825. The van der Waals surface area contributed by atoms with Gasteiger partial charge < -0.3 is 15.0 Å². The van der Waals surface area contributed by atoms with Crippen LogP contribution in [0.2, 0.25) is 10.0 Å². The zero-order chi connectivity index (χ0) is 20.7. The van der Waals surface area contributed by atoms with Crippen LogP contribution in [0, 0.1) is 6.92 Å². The third-order valence-electron chi connectivity index (χ3n) is 4.24. The van der Waals surface area contributed by atoms with Gasteiger partial charge in [-0.15, -0.1) is 0 Å². The minimum Gasteiger partial charge on any atom is -0.484 e. The molecule has 0 unspecified atom stereocenters. The summed E-state index contributed by atoms with van der Waals surface area (Å²) in [6.45, 7) is 6.02. The molecule has 0 fully saturated rings. The number of nitrogens with one attached hydrogen (secondary N) is 1. The maximum atomic E-state index is 12.9. The number of halogens is 2. The molecule has 2 amide bonds. The monoisotopic (exact) mass is 422 g/mol. The van der Waals surface area contributed by atoms with E-state index in [0.29, 0.717) is 22.3 Å². The Labute approximate surface area is 175 Å². The lowest BCUT2D eigenvalue weighted by Crippen LogP contribution is -2.49. The SMILES string of the molecule is CCNC(=O)[C@H](C)N(Cc1ccc(Cl)c(Cl)c1)C(=O)COc1ccc(C)cc1. The number of carbonyl (C=O) groups is 2. The summed E-state index contributed by atoms with van der Waals surface area (Å²) in [7, 11) is 0. The van der Waals surface area contributed by atoms with Crippen LogP contribution in [-0.2, 0) is 16.1 Å². The predicted molar refractivity (Wildman–Crippen MR) is 112 cm³/mol. The maximum absolute atomic E-state index is 12.9. The van der Waals surface area contributed by atoms with Gasteiger partial charge in [-0.25, -0.2) is 0 Å². The van der Waals surface area contributed by atoms with Crippen molar-refractivity contribution in [2.75, 3.05) is 13.2 Å². The number of rotatable bonds is 8. The predicted octanol–water partition coefficient (Wildman–Crippen LogP) is 4.23. The molecule has 28 heavy (non-hydrogen) atoms. The molecule has 2 rings (SSSR count). The van der Waals surface area contributed by atoms with Gasteiger partial charge in [-0.05, 0) is 50.6 Å². The molecule has 2 aromatic carbocycles. The standard InChI is InChI=1S/C21H24Cl2N2O3/c1-4-24-21(27)15(3)25(12-16-7-10-18(22)19(23)11-16)20(26)13-28-17-8-5-14(2)6-9-17/h5-11,15H,4,12-13H2,1-3H3,(H,24,27)/t15-/m0/s1. The molecule has 0 aliphatic heterocycles. The van der Waals surface area contributed by atoms with E-state index < -0.39 is 6.04 Å². The van der Waals surface area contributed by atoms with Crippen molar-refractivity contribution in [3.63, 3.8) is 0 Å². The number of aryl methyl sites for hydroxylation is 1. The Morgan fingerprint density at radius 3 is 2.39 bits per heavy atom. The van der Waals surface area contributed by atoms with Crippen LogP contribution in [0.4, 0.5) is 0 Å². The van der Waals surface area contributed by atoms with E-state index in [1.165, 1.54) is 4.90 Å². The smallest absolute Gasteiger partial charge is 0.261 e. The summed E-state index contributed by atoms with van der Waals surface area (Å²) < 4.78 is 5.60. The summed E-state index contributed by atoms with van der Waals surface area (Å²) in [5.74, 6) is 0.0655. The molecule has 1 N–H and O–H groups in total. The molecule has 7 heteroatoms. The van der Waals surface area contributed by atoms with Crippen molar-refractivity contribution in [2.45, 2.75) is 33.4 Å². The molecule has 0 spiro atoms. The lowest BCUT2D eigenvalue weighted by molar-refractivity contribution is -0.142. The Balaban J connectivity index is 2.15. The number of nitrogens with zero attached hydrogens (tertiary/aromatic N) is 1. The van der Waals surface area contributed by atoms with Crippen LogP contribution in [0.3, 0.4) is 0 Å². The Kier molecular flexibility index (Phi) is 8.15. The molecule has 2 aromatic rings. The first-order valence-electron chi connectivity index (χ1n) is 9.02. The minimum atomic E-state index is -0.663. The number of likely N-dealkylation sites (N-methyl/N-ethyl adjacent to an activating group) is 1. The van der Waals surface area contributed by atoms with Gasteiger partial charge in [0, 0.05) is 13.1 Å². The summed E-state index contributed by atoms with van der Waals surface area (Å²) in [5.41, 5.74) is 1.87.